The monoisotopic (exact) mass is 725 g/mol. The fourth-order valence-electron chi connectivity index (χ4n) is 4.68. The van der Waals surface area contributed by atoms with E-state index in [9.17, 15) is 29.1 Å². The number of carboxylic acid groups (broad SMARTS) is 1. The molecule has 0 saturated heterocycles. The van der Waals surface area contributed by atoms with Crippen molar-refractivity contribution in [2.45, 2.75) is 77.6 Å². The lowest BCUT2D eigenvalue weighted by molar-refractivity contribution is -0.134. The first-order chi connectivity index (χ1) is 24.4. The van der Waals surface area contributed by atoms with Crippen molar-refractivity contribution in [2.75, 3.05) is 18.5 Å². The van der Waals surface area contributed by atoms with Crippen molar-refractivity contribution in [2.24, 2.45) is 16.5 Å². The van der Waals surface area contributed by atoms with Gasteiger partial charge in [-0.15, -0.1) is 0 Å². The van der Waals surface area contributed by atoms with Crippen LogP contribution in [0.2, 0.25) is 0 Å². The van der Waals surface area contributed by atoms with Crippen LogP contribution in [0.1, 0.15) is 51.7 Å². The maximum absolute atomic E-state index is 13.5. The van der Waals surface area contributed by atoms with Gasteiger partial charge in [-0.1, -0.05) is 30.3 Å². The van der Waals surface area contributed by atoms with Crippen LogP contribution in [0.3, 0.4) is 0 Å². The van der Waals surface area contributed by atoms with Crippen LogP contribution in [0.5, 0.6) is 0 Å². The van der Waals surface area contributed by atoms with E-state index in [4.69, 9.17) is 30.5 Å². The predicted molar refractivity (Wildman–Crippen MR) is 193 cm³/mol. The molecule has 0 spiro atoms. The molecule has 52 heavy (non-hydrogen) atoms. The van der Waals surface area contributed by atoms with Crippen molar-refractivity contribution >= 4 is 52.4 Å². The van der Waals surface area contributed by atoms with Crippen molar-refractivity contribution in [3.8, 4) is 0 Å². The van der Waals surface area contributed by atoms with Gasteiger partial charge in [-0.3, -0.25) is 24.2 Å². The normalized spacial score (nSPS) is 12.5. The number of nitrogens with zero attached hydrogens (tertiary/aromatic N) is 1. The fourth-order valence-corrected chi connectivity index (χ4v) is 4.68. The highest BCUT2D eigenvalue weighted by Crippen LogP contribution is 2.22. The Morgan fingerprint density at radius 2 is 1.52 bits per heavy atom. The highest BCUT2D eigenvalue weighted by molar-refractivity contribution is 6.00. The standard InChI is InChI=1S/C33H43N7O8.C2H4O2/c1-19-15-21(17-26-22(19)12-13-27(42)47-26)37-28(43)23(11-8-14-36-31(34)35)38-30(45)25(18-41)39-29(44)24(16-20-9-6-5-7-10-20)40-32(46)48-33(2,3)4;1-2(3)4/h5-7,9-10,12-13,15,17,23-25,41H,8,11,14,16,18H2,1-4H3,(H,37,43)(H,38,45)(H,39,44)(H,40,46)(H4,34,35,36);1H3,(H,3,4)/t23-,24-,25-;/m0./s1. The third kappa shape index (κ3) is 15.3. The van der Waals surface area contributed by atoms with Gasteiger partial charge < -0.3 is 52.1 Å². The quantitative estimate of drug-likeness (QED) is 0.0505. The molecule has 17 heteroatoms. The third-order valence-electron chi connectivity index (χ3n) is 6.90. The molecule has 3 rings (SSSR count). The highest BCUT2D eigenvalue weighted by Gasteiger charge is 2.30. The lowest BCUT2D eigenvalue weighted by Gasteiger charge is -2.26. The number of hydrogen-bond donors (Lipinski definition) is 8. The average Bonchev–Trinajstić information content (AvgIpc) is 3.03. The molecule has 0 saturated carbocycles. The van der Waals surface area contributed by atoms with Crippen molar-refractivity contribution < 1.29 is 43.3 Å². The highest BCUT2D eigenvalue weighted by atomic mass is 16.6. The maximum atomic E-state index is 13.5. The molecular formula is C35H47N7O10. The Labute approximate surface area is 300 Å². The van der Waals surface area contributed by atoms with Crippen LogP contribution in [0.4, 0.5) is 10.5 Å². The number of aliphatic hydroxyl groups is 1. The van der Waals surface area contributed by atoms with Crippen molar-refractivity contribution in [1.82, 2.24) is 16.0 Å². The Balaban J connectivity index is 0.00000222. The zero-order chi connectivity index (χ0) is 39.0. The molecule has 17 nitrogen and oxygen atoms in total. The summed E-state index contributed by atoms with van der Waals surface area (Å²) in [6.45, 7) is 7.24. The zero-order valence-corrected chi connectivity index (χ0v) is 29.7. The van der Waals surface area contributed by atoms with Gasteiger partial charge in [0.25, 0.3) is 5.97 Å². The zero-order valence-electron chi connectivity index (χ0n) is 29.7. The second-order valence-electron chi connectivity index (χ2n) is 12.6. The van der Waals surface area contributed by atoms with E-state index in [1.807, 2.05) is 0 Å². The topological polar surface area (TPSA) is 278 Å². The Morgan fingerprint density at radius 1 is 0.904 bits per heavy atom. The number of nitrogens with one attached hydrogen (secondary N) is 4. The van der Waals surface area contributed by atoms with Gasteiger partial charge in [0.15, 0.2) is 5.96 Å². The number of guanidine groups is 1. The number of nitrogens with two attached hydrogens (primary N) is 2. The summed E-state index contributed by atoms with van der Waals surface area (Å²) >= 11 is 0. The number of aliphatic imine (C=N–C) groups is 1. The SMILES string of the molecule is CC(=O)O.Cc1cc(NC(=O)[C@H](CCCN=C(N)N)NC(=O)[C@H](CO)NC(=O)[C@H](Cc2ccccc2)NC(=O)OC(C)(C)C)cc2oc(=O)ccc12. The van der Waals surface area contributed by atoms with Crippen LogP contribution in [0.15, 0.2) is 68.8 Å². The minimum absolute atomic E-state index is 0.0623. The maximum Gasteiger partial charge on any atom is 0.408 e. The van der Waals surface area contributed by atoms with Gasteiger partial charge in [-0.2, -0.15) is 0 Å². The summed E-state index contributed by atoms with van der Waals surface area (Å²) < 4.78 is 10.6. The molecule has 2 aromatic carbocycles. The first-order valence-corrected chi connectivity index (χ1v) is 16.2. The van der Waals surface area contributed by atoms with Crippen LogP contribution in [0, 0.1) is 6.92 Å². The number of alkyl carbamates (subject to hydrolysis) is 1. The summed E-state index contributed by atoms with van der Waals surface area (Å²) in [5.74, 6) is -3.21. The van der Waals surface area contributed by atoms with Crippen molar-refractivity contribution in [3.63, 3.8) is 0 Å². The van der Waals surface area contributed by atoms with E-state index >= 15 is 0 Å². The number of aliphatic carboxylic acids is 1. The molecule has 1 heterocycles. The molecule has 3 atom stereocenters. The number of amides is 4. The third-order valence-corrected chi connectivity index (χ3v) is 6.90. The molecule has 0 radical (unpaired) electrons. The van der Waals surface area contributed by atoms with Crippen molar-refractivity contribution in [3.05, 3.63) is 76.1 Å². The van der Waals surface area contributed by atoms with Crippen LogP contribution in [-0.4, -0.2) is 82.8 Å². The summed E-state index contributed by atoms with van der Waals surface area (Å²) in [5, 5.41) is 28.5. The number of aliphatic hydroxyl groups excluding tert-OH is 1. The molecule has 10 N–H and O–H groups in total. The fraction of sp³-hybridized carbons (Fsp3) is 0.400. The molecule has 0 fully saturated rings. The van der Waals surface area contributed by atoms with Gasteiger partial charge in [0.05, 0.1) is 6.61 Å². The summed E-state index contributed by atoms with van der Waals surface area (Å²) in [6, 6.07) is 11.2. The van der Waals surface area contributed by atoms with Gasteiger partial charge in [0.1, 0.15) is 29.3 Å². The van der Waals surface area contributed by atoms with Gasteiger partial charge in [0.2, 0.25) is 17.7 Å². The number of carbonyl (C=O) groups is 5. The average molecular weight is 726 g/mol. The molecule has 0 aliphatic heterocycles. The smallest absolute Gasteiger partial charge is 0.408 e. The number of benzene rings is 2. The number of carboxylic acids is 1. The molecule has 1 aromatic heterocycles. The summed E-state index contributed by atoms with van der Waals surface area (Å²) in [5.41, 5.74) is 11.4. The Morgan fingerprint density at radius 3 is 2.12 bits per heavy atom. The lowest BCUT2D eigenvalue weighted by Crippen LogP contribution is -2.58. The minimum atomic E-state index is -1.48. The predicted octanol–water partition coefficient (Wildman–Crippen LogP) is 1.28. The van der Waals surface area contributed by atoms with E-state index in [0.717, 1.165) is 18.1 Å². The van der Waals surface area contributed by atoms with E-state index in [2.05, 4.69) is 26.3 Å². The van der Waals surface area contributed by atoms with Gasteiger partial charge in [-0.25, -0.2) is 9.59 Å². The minimum Gasteiger partial charge on any atom is -0.481 e. The molecule has 282 valence electrons. The largest absolute Gasteiger partial charge is 0.481 e. The van der Waals surface area contributed by atoms with E-state index in [0.29, 0.717) is 11.1 Å². The Kier molecular flexibility index (Phi) is 16.2. The molecule has 0 unspecified atom stereocenters. The number of ether oxygens (including phenoxy) is 1. The van der Waals surface area contributed by atoms with E-state index in [1.54, 1.807) is 70.2 Å². The van der Waals surface area contributed by atoms with Gasteiger partial charge in [0, 0.05) is 43.1 Å². The number of fused-ring (bicyclic) bond motifs is 1. The van der Waals surface area contributed by atoms with E-state index in [1.165, 1.54) is 12.1 Å². The number of carbonyl (C=O) groups excluding carboxylic acids is 4. The number of rotatable bonds is 14. The second-order valence-corrected chi connectivity index (χ2v) is 12.6. The first kappa shape index (κ1) is 42.2. The Bertz CT molecular complexity index is 1780. The van der Waals surface area contributed by atoms with Crippen LogP contribution >= 0.6 is 0 Å². The Hall–Kier alpha value is -5.97. The molecule has 0 bridgehead atoms. The summed E-state index contributed by atoms with van der Waals surface area (Å²) in [6.07, 6.45) is -0.410. The van der Waals surface area contributed by atoms with Crippen LogP contribution in [0.25, 0.3) is 11.0 Å². The molecule has 0 aliphatic carbocycles. The van der Waals surface area contributed by atoms with Crippen molar-refractivity contribution in [1.29, 1.82) is 0 Å². The van der Waals surface area contributed by atoms with E-state index < -0.39 is 65.7 Å². The number of anilines is 1. The molecule has 3 aromatic rings. The second kappa shape index (κ2) is 20.0. The first-order valence-electron chi connectivity index (χ1n) is 16.2. The number of aryl methyl sites for hydroxylation is 1. The molecular weight excluding hydrogens is 678 g/mol. The number of hydrogen-bond acceptors (Lipinski definition) is 10. The van der Waals surface area contributed by atoms with Crippen LogP contribution in [-0.2, 0) is 30.3 Å². The molecule has 0 aliphatic rings. The summed E-state index contributed by atoms with van der Waals surface area (Å²) in [7, 11) is 0. The van der Waals surface area contributed by atoms with Gasteiger partial charge in [-0.05, 0) is 63.8 Å². The van der Waals surface area contributed by atoms with E-state index in [-0.39, 0.29) is 37.3 Å². The molecule has 4 amide bonds. The van der Waals surface area contributed by atoms with Crippen LogP contribution < -0.4 is 38.4 Å². The van der Waals surface area contributed by atoms with Gasteiger partial charge >= 0.3 is 11.7 Å². The summed E-state index contributed by atoms with van der Waals surface area (Å²) in [4.78, 5) is 77.5. The lowest BCUT2D eigenvalue weighted by atomic mass is 10.0.